The zero-order valence-corrected chi connectivity index (χ0v) is 18.5. The summed E-state index contributed by atoms with van der Waals surface area (Å²) in [6, 6.07) is 25.6. The molecular weight excluding hydrogens is 422 g/mol. The van der Waals surface area contributed by atoms with Crippen LogP contribution in [0.5, 0.6) is 11.5 Å². The summed E-state index contributed by atoms with van der Waals surface area (Å²) in [5.41, 5.74) is 3.16. The molecule has 6 heteroatoms. The summed E-state index contributed by atoms with van der Waals surface area (Å²) >= 11 is 1.37. The molecule has 0 aliphatic rings. The molecule has 1 heterocycles. The van der Waals surface area contributed by atoms with Crippen molar-refractivity contribution in [2.45, 2.75) is 20.1 Å². The average Bonchev–Trinajstić information content (AvgIpc) is 3.33. The molecule has 1 aromatic heterocycles. The van der Waals surface area contributed by atoms with Crippen molar-refractivity contribution in [1.82, 2.24) is 4.98 Å². The van der Waals surface area contributed by atoms with Crippen molar-refractivity contribution in [1.29, 1.82) is 0 Å². The summed E-state index contributed by atoms with van der Waals surface area (Å²) in [5, 5.41) is 2.37. The van der Waals surface area contributed by atoms with Gasteiger partial charge >= 0.3 is 5.97 Å². The number of benzene rings is 3. The molecule has 3 aromatic carbocycles. The lowest BCUT2D eigenvalue weighted by molar-refractivity contribution is 0.0520. The highest BCUT2D eigenvalue weighted by Gasteiger charge is 2.19. The van der Waals surface area contributed by atoms with Gasteiger partial charge in [0.1, 0.15) is 18.2 Å². The Bertz CT molecular complexity index is 1160. The summed E-state index contributed by atoms with van der Waals surface area (Å²) in [4.78, 5) is 16.6. The van der Waals surface area contributed by atoms with E-state index >= 15 is 0 Å². The fourth-order valence-corrected chi connectivity index (χ4v) is 3.92. The second kappa shape index (κ2) is 10.6. The van der Waals surface area contributed by atoms with Crippen molar-refractivity contribution < 1.29 is 19.0 Å². The van der Waals surface area contributed by atoms with Crippen LogP contribution in [-0.4, -0.2) is 17.6 Å². The molecule has 0 saturated carbocycles. The first-order chi connectivity index (χ1) is 15.7. The average molecular weight is 446 g/mol. The number of thiazole rings is 1. The van der Waals surface area contributed by atoms with E-state index in [2.05, 4.69) is 4.98 Å². The Hall–Kier alpha value is -3.64. The van der Waals surface area contributed by atoms with Crippen LogP contribution in [0.1, 0.15) is 28.5 Å². The van der Waals surface area contributed by atoms with Gasteiger partial charge in [0.25, 0.3) is 0 Å². The van der Waals surface area contributed by atoms with Crippen molar-refractivity contribution in [3.05, 3.63) is 101 Å². The quantitative estimate of drug-likeness (QED) is 0.289. The summed E-state index contributed by atoms with van der Waals surface area (Å²) in [5.74, 6) is 0.783. The van der Waals surface area contributed by atoms with Gasteiger partial charge in [-0.3, -0.25) is 0 Å². The van der Waals surface area contributed by atoms with Crippen molar-refractivity contribution in [3.8, 4) is 22.1 Å². The number of esters is 1. The van der Waals surface area contributed by atoms with Crippen LogP contribution in [0, 0.1) is 0 Å². The van der Waals surface area contributed by atoms with Gasteiger partial charge in [-0.05, 0) is 30.2 Å². The summed E-state index contributed by atoms with van der Waals surface area (Å²) in [7, 11) is 0. The molecule has 0 aliphatic heterocycles. The van der Waals surface area contributed by atoms with E-state index in [0.717, 1.165) is 16.7 Å². The van der Waals surface area contributed by atoms with Crippen LogP contribution < -0.4 is 9.47 Å². The number of carbonyl (C=O) groups excluding carboxylic acids is 1. The van der Waals surface area contributed by atoms with Gasteiger partial charge in [-0.2, -0.15) is 0 Å². The fraction of sp³-hybridized carbons (Fsp3) is 0.154. The van der Waals surface area contributed by atoms with E-state index < -0.39 is 5.97 Å². The molecule has 4 aromatic rings. The summed E-state index contributed by atoms with van der Waals surface area (Å²) in [6.07, 6.45) is 0. The third kappa shape index (κ3) is 5.34. The molecule has 0 bridgehead atoms. The molecule has 0 fully saturated rings. The van der Waals surface area contributed by atoms with Crippen LogP contribution in [0.2, 0.25) is 0 Å². The van der Waals surface area contributed by atoms with Crippen LogP contribution in [0.4, 0.5) is 0 Å². The zero-order valence-electron chi connectivity index (χ0n) is 17.7. The van der Waals surface area contributed by atoms with E-state index in [0.29, 0.717) is 36.3 Å². The zero-order chi connectivity index (χ0) is 22.2. The first-order valence-corrected chi connectivity index (χ1v) is 11.2. The van der Waals surface area contributed by atoms with E-state index in [1.54, 1.807) is 12.3 Å². The van der Waals surface area contributed by atoms with Gasteiger partial charge in [-0.25, -0.2) is 9.78 Å². The Morgan fingerprint density at radius 1 is 0.844 bits per heavy atom. The van der Waals surface area contributed by atoms with Crippen molar-refractivity contribution in [2.75, 3.05) is 6.61 Å². The summed E-state index contributed by atoms with van der Waals surface area (Å²) < 4.78 is 17.4. The molecule has 0 spiro atoms. The Balaban J connectivity index is 1.64. The third-order valence-corrected chi connectivity index (χ3v) is 5.54. The second-order valence-electron chi connectivity index (χ2n) is 6.94. The smallest absolute Gasteiger partial charge is 0.357 e. The third-order valence-electron chi connectivity index (χ3n) is 4.66. The van der Waals surface area contributed by atoms with Gasteiger partial charge in [0, 0.05) is 5.38 Å². The normalized spacial score (nSPS) is 10.5. The molecule has 32 heavy (non-hydrogen) atoms. The Labute approximate surface area is 191 Å². The van der Waals surface area contributed by atoms with Gasteiger partial charge in [-0.15, -0.1) is 11.3 Å². The molecule has 0 saturated heterocycles. The molecule has 162 valence electrons. The highest BCUT2D eigenvalue weighted by molar-refractivity contribution is 7.13. The minimum absolute atomic E-state index is 0.288. The number of rotatable bonds is 9. The molecule has 0 atom stereocenters. The standard InChI is InChI=1S/C26H23NO4S/c1-2-29-26(28)22-18-32-25(27-22)21-14-9-15-23(30-16-19-10-5-3-6-11-19)24(21)31-17-20-12-7-4-8-13-20/h3-15,18H,2,16-17H2,1H3. The predicted octanol–water partition coefficient (Wildman–Crippen LogP) is 6.14. The largest absolute Gasteiger partial charge is 0.485 e. The second-order valence-corrected chi connectivity index (χ2v) is 7.80. The SMILES string of the molecule is CCOC(=O)c1csc(-c2cccc(OCc3ccccc3)c2OCc2ccccc2)n1. The Morgan fingerprint density at radius 2 is 1.50 bits per heavy atom. The van der Waals surface area contributed by atoms with Gasteiger partial charge in [0.15, 0.2) is 17.2 Å². The topological polar surface area (TPSA) is 57.7 Å². The van der Waals surface area contributed by atoms with Crippen LogP contribution >= 0.6 is 11.3 Å². The maximum atomic E-state index is 12.1. The minimum atomic E-state index is -0.432. The lowest BCUT2D eigenvalue weighted by Gasteiger charge is -2.16. The van der Waals surface area contributed by atoms with Gasteiger partial charge in [0.05, 0.1) is 12.2 Å². The van der Waals surface area contributed by atoms with Crippen molar-refractivity contribution in [2.24, 2.45) is 0 Å². The molecule has 0 unspecified atom stereocenters. The van der Waals surface area contributed by atoms with Crippen molar-refractivity contribution in [3.63, 3.8) is 0 Å². The molecular formula is C26H23NO4S. The monoisotopic (exact) mass is 445 g/mol. The first-order valence-electron chi connectivity index (χ1n) is 10.3. The van der Waals surface area contributed by atoms with Crippen LogP contribution in [0.25, 0.3) is 10.6 Å². The van der Waals surface area contributed by atoms with E-state index in [9.17, 15) is 4.79 Å². The highest BCUT2D eigenvalue weighted by Crippen LogP contribution is 2.40. The maximum absolute atomic E-state index is 12.1. The molecule has 4 rings (SSSR count). The predicted molar refractivity (Wildman–Crippen MR) is 125 cm³/mol. The van der Waals surface area contributed by atoms with Crippen molar-refractivity contribution >= 4 is 17.3 Å². The van der Waals surface area contributed by atoms with Gasteiger partial charge in [0.2, 0.25) is 0 Å². The number of hydrogen-bond acceptors (Lipinski definition) is 6. The maximum Gasteiger partial charge on any atom is 0.357 e. The van der Waals surface area contributed by atoms with Crippen LogP contribution in [0.3, 0.4) is 0 Å². The highest BCUT2D eigenvalue weighted by atomic mass is 32.1. The number of para-hydroxylation sites is 1. The van der Waals surface area contributed by atoms with E-state index in [1.165, 1.54) is 11.3 Å². The molecule has 5 nitrogen and oxygen atoms in total. The number of hydrogen-bond donors (Lipinski definition) is 0. The van der Waals surface area contributed by atoms with Gasteiger partial charge < -0.3 is 14.2 Å². The Kier molecular flexibility index (Phi) is 7.15. The molecule has 0 amide bonds. The summed E-state index contributed by atoms with van der Waals surface area (Å²) in [6.45, 7) is 2.88. The number of ether oxygens (including phenoxy) is 3. The lowest BCUT2D eigenvalue weighted by Crippen LogP contribution is -2.05. The van der Waals surface area contributed by atoms with E-state index in [4.69, 9.17) is 14.2 Å². The number of aromatic nitrogens is 1. The number of nitrogens with zero attached hydrogens (tertiary/aromatic N) is 1. The van der Waals surface area contributed by atoms with Crippen LogP contribution in [0.15, 0.2) is 84.2 Å². The van der Waals surface area contributed by atoms with E-state index in [1.807, 2.05) is 78.9 Å². The number of carbonyl (C=O) groups is 1. The molecule has 0 aliphatic carbocycles. The molecule has 0 radical (unpaired) electrons. The Morgan fingerprint density at radius 3 is 2.16 bits per heavy atom. The fourth-order valence-electron chi connectivity index (χ4n) is 3.11. The van der Waals surface area contributed by atoms with Gasteiger partial charge in [-0.1, -0.05) is 66.7 Å². The van der Waals surface area contributed by atoms with E-state index in [-0.39, 0.29) is 5.69 Å². The van der Waals surface area contributed by atoms with Crippen LogP contribution in [-0.2, 0) is 18.0 Å². The molecule has 0 N–H and O–H groups in total. The first kappa shape index (κ1) is 21.6. The minimum Gasteiger partial charge on any atom is -0.485 e. The lowest BCUT2D eigenvalue weighted by atomic mass is 10.2.